The molecular formula is C14H17N5O2S. The molecule has 116 valence electrons. The van der Waals surface area contributed by atoms with Crippen molar-refractivity contribution in [3.8, 4) is 10.6 Å². The number of amides is 2. The Balaban J connectivity index is 1.62. The van der Waals surface area contributed by atoms with Crippen LogP contribution in [0.25, 0.3) is 10.6 Å². The molecule has 1 aliphatic rings. The molecule has 0 unspecified atom stereocenters. The van der Waals surface area contributed by atoms with E-state index in [-0.39, 0.29) is 18.4 Å². The van der Waals surface area contributed by atoms with E-state index in [0.717, 1.165) is 16.3 Å². The molecule has 2 amide bonds. The highest BCUT2D eigenvalue weighted by Crippen LogP contribution is 2.23. The standard InChI is InChI=1S/C14H17N5O2S/c1-19(14(21)11-6-15-7-13(20)16-11)8-9-5-10(18-17-9)12-3-2-4-22-12/h2-5,11,15H,6-8H2,1H3,(H,16,20)(H,17,18)/t11-/m1/s1. The molecule has 1 atom stereocenters. The first-order chi connectivity index (χ1) is 10.6. The Morgan fingerprint density at radius 1 is 1.55 bits per heavy atom. The summed E-state index contributed by atoms with van der Waals surface area (Å²) in [4.78, 5) is 26.3. The second-order valence-electron chi connectivity index (χ2n) is 5.20. The van der Waals surface area contributed by atoms with Crippen LogP contribution in [-0.2, 0) is 16.1 Å². The van der Waals surface area contributed by atoms with Crippen molar-refractivity contribution in [3.05, 3.63) is 29.3 Å². The van der Waals surface area contributed by atoms with Gasteiger partial charge in [0.2, 0.25) is 11.8 Å². The number of hydrogen-bond acceptors (Lipinski definition) is 5. The zero-order valence-electron chi connectivity index (χ0n) is 12.1. The Morgan fingerprint density at radius 2 is 2.41 bits per heavy atom. The SMILES string of the molecule is CN(Cc1cc(-c2cccs2)n[nH]1)C(=O)[C@H]1CNCC(=O)N1. The summed E-state index contributed by atoms with van der Waals surface area (Å²) < 4.78 is 0. The third-order valence-electron chi connectivity index (χ3n) is 3.46. The van der Waals surface area contributed by atoms with Crippen molar-refractivity contribution in [3.63, 3.8) is 0 Å². The molecule has 7 nitrogen and oxygen atoms in total. The Labute approximate surface area is 131 Å². The quantitative estimate of drug-likeness (QED) is 0.750. The molecule has 1 saturated heterocycles. The molecule has 0 saturated carbocycles. The number of thiophene rings is 1. The maximum absolute atomic E-state index is 12.3. The van der Waals surface area contributed by atoms with Crippen molar-refractivity contribution in [1.82, 2.24) is 25.7 Å². The summed E-state index contributed by atoms with van der Waals surface area (Å²) in [5.74, 6) is -0.271. The number of hydrogen-bond donors (Lipinski definition) is 3. The van der Waals surface area contributed by atoms with Crippen LogP contribution in [0.2, 0.25) is 0 Å². The molecule has 0 aliphatic carbocycles. The zero-order chi connectivity index (χ0) is 15.5. The average molecular weight is 319 g/mol. The summed E-state index contributed by atoms with van der Waals surface area (Å²) in [5.41, 5.74) is 1.73. The van der Waals surface area contributed by atoms with E-state index in [4.69, 9.17) is 0 Å². The Morgan fingerprint density at radius 3 is 3.14 bits per heavy atom. The van der Waals surface area contributed by atoms with Crippen LogP contribution in [0.1, 0.15) is 5.69 Å². The zero-order valence-corrected chi connectivity index (χ0v) is 12.9. The number of H-pyrrole nitrogens is 1. The molecule has 2 aromatic rings. The molecule has 1 aliphatic heterocycles. The van der Waals surface area contributed by atoms with Gasteiger partial charge in [-0.25, -0.2) is 0 Å². The van der Waals surface area contributed by atoms with Crippen LogP contribution in [0.4, 0.5) is 0 Å². The van der Waals surface area contributed by atoms with E-state index < -0.39 is 6.04 Å². The van der Waals surface area contributed by atoms with Crippen LogP contribution >= 0.6 is 11.3 Å². The first-order valence-electron chi connectivity index (χ1n) is 6.96. The van der Waals surface area contributed by atoms with E-state index in [1.165, 1.54) is 0 Å². The van der Waals surface area contributed by atoms with Gasteiger partial charge in [0.15, 0.2) is 0 Å². The summed E-state index contributed by atoms with van der Waals surface area (Å²) in [6.07, 6.45) is 0. The molecule has 3 N–H and O–H groups in total. The first kappa shape index (κ1) is 14.7. The van der Waals surface area contributed by atoms with Crippen molar-refractivity contribution >= 4 is 23.2 Å². The van der Waals surface area contributed by atoms with Crippen LogP contribution in [0.3, 0.4) is 0 Å². The largest absolute Gasteiger partial charge is 0.342 e. The number of carbonyl (C=O) groups is 2. The molecule has 3 heterocycles. The van der Waals surface area contributed by atoms with Crippen LogP contribution in [-0.4, -0.2) is 53.1 Å². The highest BCUT2D eigenvalue weighted by Gasteiger charge is 2.27. The Hall–Kier alpha value is -2.19. The molecule has 0 bridgehead atoms. The van der Waals surface area contributed by atoms with Crippen molar-refractivity contribution in [1.29, 1.82) is 0 Å². The fraction of sp³-hybridized carbons (Fsp3) is 0.357. The van der Waals surface area contributed by atoms with Crippen molar-refractivity contribution < 1.29 is 9.59 Å². The van der Waals surface area contributed by atoms with E-state index in [1.807, 2.05) is 23.6 Å². The fourth-order valence-electron chi connectivity index (χ4n) is 2.37. The predicted octanol–water partition coefficient (Wildman–Crippen LogP) is 0.185. The summed E-state index contributed by atoms with van der Waals surface area (Å²) in [7, 11) is 1.72. The second kappa shape index (κ2) is 6.29. The minimum absolute atomic E-state index is 0.118. The van der Waals surface area contributed by atoms with Gasteiger partial charge in [-0.2, -0.15) is 5.10 Å². The van der Waals surface area contributed by atoms with Crippen LogP contribution in [0.5, 0.6) is 0 Å². The smallest absolute Gasteiger partial charge is 0.246 e. The number of rotatable bonds is 4. The van der Waals surface area contributed by atoms with Crippen molar-refractivity contribution in [2.75, 3.05) is 20.1 Å². The maximum Gasteiger partial charge on any atom is 0.246 e. The number of piperazine rings is 1. The van der Waals surface area contributed by atoms with Gasteiger partial charge in [-0.1, -0.05) is 6.07 Å². The maximum atomic E-state index is 12.3. The van der Waals surface area contributed by atoms with Gasteiger partial charge in [0, 0.05) is 13.6 Å². The number of aromatic nitrogens is 2. The van der Waals surface area contributed by atoms with Gasteiger partial charge >= 0.3 is 0 Å². The lowest BCUT2D eigenvalue weighted by molar-refractivity contribution is -0.136. The van der Waals surface area contributed by atoms with E-state index in [0.29, 0.717) is 13.1 Å². The van der Waals surface area contributed by atoms with Crippen LogP contribution in [0, 0.1) is 0 Å². The van der Waals surface area contributed by atoms with Gasteiger partial charge < -0.3 is 15.5 Å². The van der Waals surface area contributed by atoms with E-state index in [2.05, 4.69) is 20.8 Å². The first-order valence-corrected chi connectivity index (χ1v) is 7.84. The third-order valence-corrected chi connectivity index (χ3v) is 4.35. The lowest BCUT2D eigenvalue weighted by atomic mass is 10.2. The Bertz CT molecular complexity index is 667. The number of nitrogens with zero attached hydrogens (tertiary/aromatic N) is 2. The minimum Gasteiger partial charge on any atom is -0.342 e. The van der Waals surface area contributed by atoms with Crippen molar-refractivity contribution in [2.24, 2.45) is 0 Å². The highest BCUT2D eigenvalue weighted by atomic mass is 32.1. The molecule has 0 radical (unpaired) electrons. The van der Waals surface area contributed by atoms with E-state index >= 15 is 0 Å². The van der Waals surface area contributed by atoms with Gasteiger partial charge in [-0.3, -0.25) is 14.7 Å². The normalized spacial score (nSPS) is 18.0. The molecule has 8 heteroatoms. The lowest BCUT2D eigenvalue weighted by Gasteiger charge is -2.27. The molecule has 0 aromatic carbocycles. The summed E-state index contributed by atoms with van der Waals surface area (Å²) >= 11 is 1.62. The monoisotopic (exact) mass is 319 g/mol. The number of likely N-dealkylation sites (N-methyl/N-ethyl adjacent to an activating group) is 1. The van der Waals surface area contributed by atoms with Gasteiger partial charge in [0.25, 0.3) is 0 Å². The summed E-state index contributed by atoms with van der Waals surface area (Å²) in [6, 6.07) is 5.41. The fourth-order valence-corrected chi connectivity index (χ4v) is 3.05. The molecular weight excluding hydrogens is 302 g/mol. The van der Waals surface area contributed by atoms with Crippen molar-refractivity contribution in [2.45, 2.75) is 12.6 Å². The third kappa shape index (κ3) is 3.18. The van der Waals surface area contributed by atoms with E-state index in [9.17, 15) is 9.59 Å². The molecule has 3 rings (SSSR count). The van der Waals surface area contributed by atoms with Crippen LogP contribution < -0.4 is 10.6 Å². The molecule has 22 heavy (non-hydrogen) atoms. The Kier molecular flexibility index (Phi) is 4.21. The van der Waals surface area contributed by atoms with Crippen LogP contribution in [0.15, 0.2) is 23.6 Å². The topological polar surface area (TPSA) is 90.1 Å². The summed E-state index contributed by atoms with van der Waals surface area (Å²) in [5, 5.41) is 14.8. The van der Waals surface area contributed by atoms with Gasteiger partial charge in [-0.15, -0.1) is 11.3 Å². The summed E-state index contributed by atoms with van der Waals surface area (Å²) in [6.45, 7) is 1.14. The van der Waals surface area contributed by atoms with Gasteiger partial charge in [-0.05, 0) is 17.5 Å². The predicted molar refractivity (Wildman–Crippen MR) is 83.2 cm³/mol. The number of aromatic amines is 1. The number of nitrogens with one attached hydrogen (secondary N) is 3. The van der Waals surface area contributed by atoms with Gasteiger partial charge in [0.1, 0.15) is 11.7 Å². The second-order valence-corrected chi connectivity index (χ2v) is 6.15. The molecule has 2 aromatic heterocycles. The molecule has 1 fully saturated rings. The number of carbonyl (C=O) groups excluding carboxylic acids is 2. The molecule has 0 spiro atoms. The average Bonchev–Trinajstić information content (AvgIpc) is 3.17. The lowest BCUT2D eigenvalue weighted by Crippen LogP contribution is -2.58. The van der Waals surface area contributed by atoms with E-state index in [1.54, 1.807) is 23.3 Å². The highest BCUT2D eigenvalue weighted by molar-refractivity contribution is 7.13. The van der Waals surface area contributed by atoms with Gasteiger partial charge in [0.05, 0.1) is 23.7 Å². The minimum atomic E-state index is -0.508.